The molecule has 5 rings (SSSR count). The fourth-order valence-electron chi connectivity index (χ4n) is 11.5. The SMILES string of the molecule is CSCC[C@H](NC(=O)[C@H](COP(=O)(O)O)NC(=O)[C@H](Cc1c[nH]cn1)NC(=O)CNC(=O)[C@H](Cc1c[nH]cn1)NC(=O)[C@@H](N)Cc1ccc(O)cc1)C(=O)N[C@@H](CO)C(=O)N[C@@H](CC(N)=O)C(=O)N1CCC[C@H]1C(=O)NCC(=O)N[C@H](C(=O)N[C@@H](COP(=O)(O)O)C(=O)N[C@@H](Cc1ccc(O)cc1)C(=O)N[C@@H](CCCN=C(N)N)C(=O)O)C(C)C. The van der Waals surface area contributed by atoms with Crippen LogP contribution in [-0.4, -0.2) is 290 Å². The summed E-state index contributed by atoms with van der Waals surface area (Å²) in [6.07, 6.45) is 4.41. The predicted molar refractivity (Wildman–Crippen MR) is 419 cm³/mol. The van der Waals surface area contributed by atoms with Crippen molar-refractivity contribution in [3.8, 4) is 11.5 Å². The number of carbonyl (C=O) groups is 15. The number of nitrogens with one attached hydrogen (secondary N) is 14. The Labute approximate surface area is 688 Å². The van der Waals surface area contributed by atoms with Crippen molar-refractivity contribution in [1.82, 2.24) is 88.6 Å². The fourth-order valence-corrected chi connectivity index (χ4v) is 12.7. The minimum Gasteiger partial charge on any atom is -0.508 e. The van der Waals surface area contributed by atoms with E-state index in [1.165, 1.54) is 87.4 Å². The largest absolute Gasteiger partial charge is 0.508 e. The second kappa shape index (κ2) is 48.4. The highest BCUT2D eigenvalue weighted by atomic mass is 32.2. The molecule has 30 N–H and O–H groups in total. The number of imidazole rings is 2. The van der Waals surface area contributed by atoms with Gasteiger partial charge in [-0.1, -0.05) is 38.1 Å². The Hall–Kier alpha value is -11.7. The minimum absolute atomic E-state index is 0.00751. The molecule has 14 amide bonds. The Morgan fingerprint density at radius 2 is 1.02 bits per heavy atom. The van der Waals surface area contributed by atoms with Gasteiger partial charge in [0.25, 0.3) is 0 Å². The van der Waals surface area contributed by atoms with Crippen LogP contribution in [0.4, 0.5) is 0 Å². The molecule has 1 saturated heterocycles. The first-order chi connectivity index (χ1) is 56.5. The second-order valence-electron chi connectivity index (χ2n) is 27.4. The summed E-state index contributed by atoms with van der Waals surface area (Å²) in [5.41, 5.74) is 23.7. The van der Waals surface area contributed by atoms with E-state index >= 15 is 0 Å². The molecule has 0 bridgehead atoms. The van der Waals surface area contributed by atoms with Crippen molar-refractivity contribution in [1.29, 1.82) is 0 Å². The highest BCUT2D eigenvalue weighted by molar-refractivity contribution is 7.98. The number of primary amides is 1. The number of carbonyl (C=O) groups excluding carboxylic acids is 14. The number of phenolic OH excluding ortho intramolecular Hbond substituents is 2. The number of aliphatic hydroxyl groups is 1. The molecule has 2 aromatic heterocycles. The monoisotopic (exact) mass is 1750 g/mol. The Kier molecular flexibility index (Phi) is 39.8. The van der Waals surface area contributed by atoms with Gasteiger partial charge >= 0.3 is 21.6 Å². The third-order valence-electron chi connectivity index (χ3n) is 17.6. The van der Waals surface area contributed by atoms with Crippen molar-refractivity contribution in [3.63, 3.8) is 0 Å². The number of phosphoric ester groups is 2. The highest BCUT2D eigenvalue weighted by Gasteiger charge is 2.42. The molecule has 2 aromatic carbocycles. The Morgan fingerprint density at radius 1 is 0.567 bits per heavy atom. The number of rotatable bonds is 51. The summed E-state index contributed by atoms with van der Waals surface area (Å²) in [5, 5.41) is 67.7. The maximum atomic E-state index is 14.3. The van der Waals surface area contributed by atoms with Gasteiger partial charge in [-0.25, -0.2) is 23.9 Å². The van der Waals surface area contributed by atoms with Gasteiger partial charge < -0.3 is 142 Å². The third kappa shape index (κ3) is 35.1. The molecular weight excluding hydrogens is 1650 g/mol. The Bertz CT molecular complexity index is 4310. The summed E-state index contributed by atoms with van der Waals surface area (Å²) >= 11 is 1.13. The normalized spacial score (nSPS) is 15.4. The van der Waals surface area contributed by atoms with E-state index in [2.05, 4.69) is 97.8 Å². The molecule has 1 aliphatic heterocycles. The zero-order chi connectivity index (χ0) is 89.1. The van der Waals surface area contributed by atoms with Gasteiger partial charge in [-0.3, -0.25) is 81.2 Å². The quantitative estimate of drug-likeness (QED) is 0.00845. The summed E-state index contributed by atoms with van der Waals surface area (Å²) in [5.74, 6) is -18.8. The zero-order valence-electron chi connectivity index (χ0n) is 64.9. The van der Waals surface area contributed by atoms with Gasteiger partial charge in [-0.2, -0.15) is 11.8 Å². The average Bonchev–Trinajstić information content (AvgIpc) is 1.65. The van der Waals surface area contributed by atoms with E-state index in [1.54, 1.807) is 6.26 Å². The number of benzene rings is 2. The molecule has 4 aromatic rings. The number of hydrogen-bond acceptors (Lipinski definition) is 27. The van der Waals surface area contributed by atoms with E-state index in [0.29, 0.717) is 16.8 Å². The van der Waals surface area contributed by atoms with Gasteiger partial charge in [0, 0.05) is 44.7 Å². The number of likely N-dealkylation sites (tertiary alicyclic amines) is 1. The van der Waals surface area contributed by atoms with Crippen LogP contribution in [-0.2, 0) is 116 Å². The van der Waals surface area contributed by atoms with Crippen molar-refractivity contribution < 1.29 is 130 Å². The predicted octanol–water partition coefficient (Wildman–Crippen LogP) is -9.15. The van der Waals surface area contributed by atoms with E-state index in [0.717, 1.165) is 16.7 Å². The molecule has 0 spiro atoms. The number of carboxylic acid groups (broad SMARTS) is 1. The van der Waals surface area contributed by atoms with Gasteiger partial charge in [0.2, 0.25) is 82.7 Å². The number of aliphatic carboxylic acids is 1. The number of nitrogens with zero attached hydrogens (tertiary/aromatic N) is 4. The van der Waals surface area contributed by atoms with Gasteiger partial charge in [0.05, 0.1) is 69.4 Å². The van der Waals surface area contributed by atoms with Crippen LogP contribution in [0.5, 0.6) is 11.5 Å². The molecule has 3 heterocycles. The highest BCUT2D eigenvalue weighted by Crippen LogP contribution is 2.36. The molecular formula is C68H100N22O27P2S. The number of aromatic nitrogens is 4. The number of aliphatic imine (C=N–C) groups is 1. The van der Waals surface area contributed by atoms with Crippen LogP contribution < -0.4 is 86.7 Å². The van der Waals surface area contributed by atoms with Gasteiger partial charge in [-0.05, 0) is 91.8 Å². The third-order valence-corrected chi connectivity index (χ3v) is 19.2. The number of carboxylic acids is 1. The standard InChI is InChI=1S/C68H100N22O27P2S/c1-34(2)55(65(106)88-50(31-117-119(113,114)115)63(104)84-44(21-36-10-14-40(93)15-11-36)59(100)82-43(67(108)109)6-4-17-75-68(71)72)89-54(96)28-77-64(105)51-7-5-18-90(51)66(107)47(24-52(70)94)85-61(102)48(29-91)86-58(99)42(16-19-120-3)81-62(103)49(30-116-118(110,111)112)87-60(101)46(23-38-26-74-33-79-38)80-53(95)27-76-57(98)45(22-37-25-73-32-78-37)83-56(97)41(69)20-35-8-12-39(92)13-9-35/h8-15,25-26,32-34,41-51,55,91-93H,4-7,16-24,27-31,69H2,1-3H3,(H2,70,94)(H,73,78)(H,74,79)(H,76,98)(H,77,105)(H,80,95)(H,81,103)(H,82,100)(H,83,97)(H,84,104)(H,85,102)(H,86,99)(H,87,101)(H,88,106)(H,89,96)(H,108,109)(H4,71,72,75)(H2,110,111,112)(H2,113,114,115)/t41-,42-,43-,44-,45-,46-,47-,48-,49-,50-,51-,55-/m0/s1. The number of phosphoric acid groups is 2. The number of hydrogen-bond donors (Lipinski definition) is 26. The fraction of sp³-hybridized carbons (Fsp3) is 0.500. The summed E-state index contributed by atoms with van der Waals surface area (Å²) in [6, 6.07) is -9.52. The number of amides is 14. The van der Waals surface area contributed by atoms with E-state index in [1.807, 2.05) is 0 Å². The van der Waals surface area contributed by atoms with Crippen LogP contribution in [0.3, 0.4) is 0 Å². The average molecular weight is 1750 g/mol. The van der Waals surface area contributed by atoms with Crippen LogP contribution in [0, 0.1) is 5.92 Å². The summed E-state index contributed by atoms with van der Waals surface area (Å²) in [4.78, 5) is 263. The first kappa shape index (κ1) is 98.8. The lowest BCUT2D eigenvalue weighted by atomic mass is 10.0. The van der Waals surface area contributed by atoms with Gasteiger partial charge in [0.1, 0.15) is 78.0 Å². The molecule has 1 aliphatic rings. The molecule has 0 aliphatic carbocycles. The number of guanidine groups is 1. The topological polar surface area (TPSA) is 792 Å². The van der Waals surface area contributed by atoms with Gasteiger partial charge in [0.15, 0.2) is 5.96 Å². The van der Waals surface area contributed by atoms with Crippen LogP contribution in [0.1, 0.15) is 74.9 Å². The lowest BCUT2D eigenvalue weighted by Gasteiger charge is -2.29. The maximum Gasteiger partial charge on any atom is 0.469 e. The zero-order valence-corrected chi connectivity index (χ0v) is 67.5. The number of thioether (sulfide) groups is 1. The van der Waals surface area contributed by atoms with E-state index in [4.69, 9.17) is 22.9 Å². The summed E-state index contributed by atoms with van der Waals surface area (Å²) in [6.45, 7) is -3.01. The van der Waals surface area contributed by atoms with Crippen LogP contribution in [0.2, 0.25) is 0 Å². The smallest absolute Gasteiger partial charge is 0.469 e. The number of phenols is 2. The number of aromatic amines is 2. The van der Waals surface area contributed by atoms with Crippen molar-refractivity contribution >= 4 is 122 Å². The Morgan fingerprint density at radius 3 is 1.52 bits per heavy atom. The van der Waals surface area contributed by atoms with Crippen molar-refractivity contribution in [2.24, 2.45) is 33.8 Å². The van der Waals surface area contributed by atoms with Crippen LogP contribution >= 0.6 is 27.4 Å². The van der Waals surface area contributed by atoms with E-state index < -0.39 is 235 Å². The number of aromatic hydroxyl groups is 2. The summed E-state index contributed by atoms with van der Waals surface area (Å²) in [7, 11) is -10.9. The minimum atomic E-state index is -5.48. The Balaban J connectivity index is 1.25. The molecule has 1 fully saturated rings. The lowest BCUT2D eigenvalue weighted by molar-refractivity contribution is -0.143. The lowest BCUT2D eigenvalue weighted by Crippen LogP contribution is -2.61. The molecule has 0 saturated carbocycles. The van der Waals surface area contributed by atoms with Crippen molar-refractivity contribution in [2.45, 2.75) is 151 Å². The molecule has 52 heteroatoms. The first-order valence-electron chi connectivity index (χ1n) is 36.7. The second-order valence-corrected chi connectivity index (χ2v) is 30.9. The molecule has 0 radical (unpaired) electrons. The summed E-state index contributed by atoms with van der Waals surface area (Å²) < 4.78 is 33.2. The molecule has 49 nitrogen and oxygen atoms in total. The van der Waals surface area contributed by atoms with Crippen LogP contribution in [0.15, 0.2) is 78.6 Å². The van der Waals surface area contributed by atoms with E-state index in [9.17, 15) is 121 Å². The number of aliphatic hydroxyl groups excluding tert-OH is 1. The van der Waals surface area contributed by atoms with Gasteiger partial charge in [-0.15, -0.1) is 0 Å². The molecule has 660 valence electrons. The number of nitrogens with two attached hydrogens (primary N) is 4. The maximum absolute atomic E-state index is 14.3. The van der Waals surface area contributed by atoms with Crippen molar-refractivity contribution in [3.05, 3.63) is 96.1 Å². The van der Waals surface area contributed by atoms with Crippen LogP contribution in [0.25, 0.3) is 0 Å². The molecule has 120 heavy (non-hydrogen) atoms. The molecule has 12 atom stereocenters. The molecule has 0 unspecified atom stereocenters. The van der Waals surface area contributed by atoms with Crippen molar-refractivity contribution in [2.75, 3.05) is 58.0 Å². The number of H-pyrrole nitrogens is 2. The first-order valence-corrected chi connectivity index (χ1v) is 41.2. The van der Waals surface area contributed by atoms with E-state index in [-0.39, 0.29) is 86.9 Å².